The summed E-state index contributed by atoms with van der Waals surface area (Å²) in [6, 6.07) is 0.751. The zero-order valence-corrected chi connectivity index (χ0v) is 11.1. The molecule has 2 rings (SSSR count). The maximum absolute atomic E-state index is 5.37. The molecule has 0 aromatic carbocycles. The number of nitrogens with one attached hydrogen (secondary N) is 1. The van der Waals surface area contributed by atoms with Gasteiger partial charge in [-0.25, -0.2) is 0 Å². The molecule has 0 radical (unpaired) electrons. The van der Waals surface area contributed by atoms with Crippen molar-refractivity contribution in [1.29, 1.82) is 0 Å². The molecule has 4 heteroatoms. The predicted octanol–water partition coefficient (Wildman–Crippen LogP) is 1.79. The fraction of sp³-hybridized carbons (Fsp3) is 0.769. The molecule has 0 amide bonds. The lowest BCUT2D eigenvalue weighted by Crippen LogP contribution is -2.16. The highest BCUT2D eigenvalue weighted by Gasteiger charge is 2.21. The number of rotatable bonds is 7. The van der Waals surface area contributed by atoms with Gasteiger partial charge in [0.15, 0.2) is 0 Å². The van der Waals surface area contributed by atoms with E-state index in [1.165, 1.54) is 24.1 Å². The van der Waals surface area contributed by atoms with Crippen LogP contribution in [0.15, 0.2) is 0 Å². The van der Waals surface area contributed by atoms with Crippen molar-refractivity contribution in [2.24, 2.45) is 0 Å². The number of hydrogen-bond acceptors (Lipinski definition) is 3. The topological polar surface area (TPSA) is 39.1 Å². The van der Waals surface area contributed by atoms with Crippen molar-refractivity contribution in [3.05, 3.63) is 17.0 Å². The van der Waals surface area contributed by atoms with Crippen molar-refractivity contribution >= 4 is 0 Å². The SMILES string of the molecule is CCOCCn1nc(C)c(CNC2CC2)c1C. The third-order valence-electron chi connectivity index (χ3n) is 3.33. The van der Waals surface area contributed by atoms with Crippen molar-refractivity contribution in [1.82, 2.24) is 15.1 Å². The maximum Gasteiger partial charge on any atom is 0.0662 e. The van der Waals surface area contributed by atoms with Crippen LogP contribution >= 0.6 is 0 Å². The van der Waals surface area contributed by atoms with E-state index in [1.54, 1.807) is 0 Å². The number of ether oxygens (including phenoxy) is 1. The second kappa shape index (κ2) is 5.65. The van der Waals surface area contributed by atoms with Crippen molar-refractivity contribution < 1.29 is 4.74 Å². The summed E-state index contributed by atoms with van der Waals surface area (Å²) in [5.74, 6) is 0. The largest absolute Gasteiger partial charge is 0.380 e. The van der Waals surface area contributed by atoms with Crippen LogP contribution in [-0.4, -0.2) is 29.0 Å². The van der Waals surface area contributed by atoms with Gasteiger partial charge in [0.2, 0.25) is 0 Å². The molecule has 1 aliphatic rings. The Hall–Kier alpha value is -0.870. The van der Waals surface area contributed by atoms with Gasteiger partial charge in [-0.2, -0.15) is 5.10 Å². The second-order valence-corrected chi connectivity index (χ2v) is 4.72. The third kappa shape index (κ3) is 3.30. The molecular weight excluding hydrogens is 214 g/mol. The van der Waals surface area contributed by atoms with Gasteiger partial charge in [-0.05, 0) is 33.6 Å². The van der Waals surface area contributed by atoms with Crippen molar-refractivity contribution in [3.63, 3.8) is 0 Å². The fourth-order valence-electron chi connectivity index (χ4n) is 2.04. The number of hydrogen-bond donors (Lipinski definition) is 1. The van der Waals surface area contributed by atoms with Gasteiger partial charge in [-0.15, -0.1) is 0 Å². The van der Waals surface area contributed by atoms with E-state index in [0.717, 1.165) is 38.0 Å². The van der Waals surface area contributed by atoms with E-state index in [0.29, 0.717) is 0 Å². The van der Waals surface area contributed by atoms with E-state index < -0.39 is 0 Å². The standard InChI is InChI=1S/C13H23N3O/c1-4-17-8-7-16-11(3)13(10(2)15-16)9-14-12-5-6-12/h12,14H,4-9H2,1-3H3. The van der Waals surface area contributed by atoms with E-state index in [-0.39, 0.29) is 0 Å². The highest BCUT2D eigenvalue weighted by atomic mass is 16.5. The van der Waals surface area contributed by atoms with Crippen LogP contribution in [0.1, 0.15) is 36.7 Å². The minimum atomic E-state index is 0.744. The average Bonchev–Trinajstić information content (AvgIpc) is 3.08. The summed E-state index contributed by atoms with van der Waals surface area (Å²) in [4.78, 5) is 0. The molecule has 4 nitrogen and oxygen atoms in total. The highest BCUT2D eigenvalue weighted by molar-refractivity contribution is 5.24. The molecule has 1 fully saturated rings. The lowest BCUT2D eigenvalue weighted by atomic mass is 10.2. The van der Waals surface area contributed by atoms with E-state index in [9.17, 15) is 0 Å². The molecule has 1 heterocycles. The van der Waals surface area contributed by atoms with Crippen molar-refractivity contribution in [2.45, 2.75) is 52.7 Å². The van der Waals surface area contributed by atoms with Gasteiger partial charge < -0.3 is 10.1 Å². The Morgan fingerprint density at radius 1 is 1.41 bits per heavy atom. The van der Waals surface area contributed by atoms with Gasteiger partial charge in [-0.3, -0.25) is 4.68 Å². The number of aromatic nitrogens is 2. The molecular formula is C13H23N3O. The molecule has 0 bridgehead atoms. The average molecular weight is 237 g/mol. The zero-order chi connectivity index (χ0) is 12.3. The van der Waals surface area contributed by atoms with E-state index in [4.69, 9.17) is 4.74 Å². The normalized spacial score (nSPS) is 15.5. The quantitative estimate of drug-likeness (QED) is 0.735. The van der Waals surface area contributed by atoms with E-state index in [2.05, 4.69) is 28.9 Å². The Morgan fingerprint density at radius 3 is 2.82 bits per heavy atom. The summed E-state index contributed by atoms with van der Waals surface area (Å²) in [5.41, 5.74) is 3.77. The predicted molar refractivity (Wildman–Crippen MR) is 68.1 cm³/mol. The Morgan fingerprint density at radius 2 is 2.18 bits per heavy atom. The van der Waals surface area contributed by atoms with Gasteiger partial charge in [0.25, 0.3) is 0 Å². The minimum absolute atomic E-state index is 0.744. The minimum Gasteiger partial charge on any atom is -0.380 e. The van der Waals surface area contributed by atoms with Gasteiger partial charge in [0.05, 0.1) is 18.8 Å². The maximum atomic E-state index is 5.37. The monoisotopic (exact) mass is 237 g/mol. The molecule has 17 heavy (non-hydrogen) atoms. The Labute approximate surface area is 103 Å². The summed E-state index contributed by atoms with van der Waals surface area (Å²) in [6.07, 6.45) is 2.66. The first-order valence-corrected chi connectivity index (χ1v) is 6.56. The Balaban J connectivity index is 1.94. The van der Waals surface area contributed by atoms with Crippen LogP contribution in [0.4, 0.5) is 0 Å². The Bertz CT molecular complexity index is 369. The van der Waals surface area contributed by atoms with Gasteiger partial charge in [0, 0.05) is 30.5 Å². The van der Waals surface area contributed by atoms with Crippen LogP contribution in [0.5, 0.6) is 0 Å². The second-order valence-electron chi connectivity index (χ2n) is 4.72. The molecule has 0 spiro atoms. The highest BCUT2D eigenvalue weighted by Crippen LogP contribution is 2.20. The zero-order valence-electron chi connectivity index (χ0n) is 11.1. The van der Waals surface area contributed by atoms with Gasteiger partial charge in [-0.1, -0.05) is 0 Å². The molecule has 1 saturated carbocycles. The van der Waals surface area contributed by atoms with Gasteiger partial charge in [0.1, 0.15) is 0 Å². The summed E-state index contributed by atoms with van der Waals surface area (Å²) < 4.78 is 7.44. The summed E-state index contributed by atoms with van der Waals surface area (Å²) >= 11 is 0. The lowest BCUT2D eigenvalue weighted by molar-refractivity contribution is 0.135. The van der Waals surface area contributed by atoms with Crippen LogP contribution in [-0.2, 0) is 17.8 Å². The number of nitrogens with zero attached hydrogens (tertiary/aromatic N) is 2. The van der Waals surface area contributed by atoms with Crippen LogP contribution in [0.25, 0.3) is 0 Å². The molecule has 96 valence electrons. The molecule has 0 saturated heterocycles. The summed E-state index contributed by atoms with van der Waals surface area (Å²) in [6.45, 7) is 9.58. The molecule has 0 atom stereocenters. The molecule has 1 N–H and O–H groups in total. The fourth-order valence-corrected chi connectivity index (χ4v) is 2.04. The van der Waals surface area contributed by atoms with Crippen LogP contribution < -0.4 is 5.32 Å². The van der Waals surface area contributed by atoms with Crippen LogP contribution in [0, 0.1) is 13.8 Å². The molecule has 0 unspecified atom stereocenters. The summed E-state index contributed by atoms with van der Waals surface area (Å²) in [7, 11) is 0. The van der Waals surface area contributed by atoms with Crippen molar-refractivity contribution in [2.75, 3.05) is 13.2 Å². The van der Waals surface area contributed by atoms with E-state index >= 15 is 0 Å². The smallest absolute Gasteiger partial charge is 0.0662 e. The lowest BCUT2D eigenvalue weighted by Gasteiger charge is -2.06. The molecule has 1 aromatic heterocycles. The first-order valence-electron chi connectivity index (χ1n) is 6.56. The summed E-state index contributed by atoms with van der Waals surface area (Å²) in [5, 5.41) is 8.13. The molecule has 1 aliphatic carbocycles. The third-order valence-corrected chi connectivity index (χ3v) is 3.33. The first-order chi connectivity index (χ1) is 8.22. The van der Waals surface area contributed by atoms with Crippen LogP contribution in [0.3, 0.4) is 0 Å². The Kier molecular flexibility index (Phi) is 4.18. The molecule has 1 aromatic rings. The number of aryl methyl sites for hydroxylation is 1. The van der Waals surface area contributed by atoms with Gasteiger partial charge >= 0.3 is 0 Å². The van der Waals surface area contributed by atoms with Crippen molar-refractivity contribution in [3.8, 4) is 0 Å². The van der Waals surface area contributed by atoms with E-state index in [1.807, 2.05) is 6.92 Å². The van der Waals surface area contributed by atoms with Crippen LogP contribution in [0.2, 0.25) is 0 Å². The first kappa shape index (κ1) is 12.6. The molecule has 0 aliphatic heterocycles.